The van der Waals surface area contributed by atoms with Gasteiger partial charge in [0.15, 0.2) is 0 Å². The first-order valence-electron chi connectivity index (χ1n) is 4.88. The maximum absolute atomic E-state index is 10.5. The molecule has 3 nitrogen and oxygen atoms in total. The first kappa shape index (κ1) is 27.8. The fourth-order valence-electron chi connectivity index (χ4n) is 0.385. The monoisotopic (exact) mass is 346 g/mol. The van der Waals surface area contributed by atoms with Crippen LogP contribution in [0.3, 0.4) is 0 Å². The molecule has 0 amide bonds. The van der Waals surface area contributed by atoms with Crippen molar-refractivity contribution in [2.75, 3.05) is 6.61 Å². The first-order chi connectivity index (χ1) is 8.60. The van der Waals surface area contributed by atoms with Crippen molar-refractivity contribution in [1.82, 2.24) is 0 Å². The van der Waals surface area contributed by atoms with Crippen LogP contribution in [0.25, 0.3) is 0 Å². The molecule has 1 aromatic carbocycles. The van der Waals surface area contributed by atoms with Crippen molar-refractivity contribution < 1.29 is 38.3 Å². The number of benzene rings is 1. The van der Waals surface area contributed by atoms with Crippen LogP contribution in [0.1, 0.15) is 21.3 Å². The smallest absolute Gasteiger partial charge is 0.431 e. The van der Waals surface area contributed by atoms with E-state index in [0.29, 0.717) is 0 Å². The summed E-state index contributed by atoms with van der Waals surface area (Å²) in [6, 6.07) is 12.0. The third-order valence-corrected chi connectivity index (χ3v) is 0.667. The zero-order chi connectivity index (χ0) is 16.9. The van der Waals surface area contributed by atoms with Gasteiger partial charge in [0.05, 0.1) is 0 Å². The average molecular weight is 346 g/mol. The number of hydrogen-bond acceptors (Lipinski definition) is 2. The third-order valence-electron chi connectivity index (χ3n) is 0.667. The van der Waals surface area contributed by atoms with Crippen LogP contribution < -0.4 is 0 Å². The van der Waals surface area contributed by atoms with E-state index >= 15 is 0 Å². The van der Waals surface area contributed by atoms with Crippen molar-refractivity contribution in [2.45, 2.75) is 21.3 Å². The fraction of sp³-hybridized carbons (Fsp3) is 0.364. The van der Waals surface area contributed by atoms with Gasteiger partial charge in [-0.05, 0) is 6.92 Å². The van der Waals surface area contributed by atoms with E-state index in [0.717, 1.165) is 6.92 Å². The lowest BCUT2D eigenvalue weighted by Crippen LogP contribution is -1.92. The molecule has 0 saturated carbocycles. The highest BCUT2D eigenvalue weighted by atomic mass is 32.5. The minimum atomic E-state index is -10.5. The van der Waals surface area contributed by atoms with E-state index in [1.807, 2.05) is 36.4 Å². The van der Waals surface area contributed by atoms with Crippen molar-refractivity contribution >= 4 is 16.6 Å². The van der Waals surface area contributed by atoms with Crippen LogP contribution in [0.5, 0.6) is 0 Å². The van der Waals surface area contributed by atoms with Crippen LogP contribution in [0.2, 0.25) is 0 Å². The molecule has 0 aliphatic rings. The normalized spacial score (nSPS) is 12.0. The number of carboxylic acids is 1. The molecule has 2 N–H and O–H groups in total. The van der Waals surface area contributed by atoms with Gasteiger partial charge in [0, 0.05) is 13.5 Å². The number of hydrogen-bond donors (Lipinski definition) is 2. The molecule has 0 unspecified atom stereocenters. The molecule has 0 aliphatic heterocycles. The summed E-state index contributed by atoms with van der Waals surface area (Å²) in [6.45, 7) is 3.01. The Kier molecular flexibility index (Phi) is 13.7. The van der Waals surface area contributed by atoms with Gasteiger partial charge in [0.1, 0.15) is 0 Å². The van der Waals surface area contributed by atoms with Gasteiger partial charge in [-0.25, -0.2) is 0 Å². The highest BCUT2D eigenvalue weighted by molar-refractivity contribution is 8.41. The lowest BCUT2D eigenvalue weighted by Gasteiger charge is -2.28. The van der Waals surface area contributed by atoms with Crippen LogP contribution >= 0.6 is 10.6 Å². The largest absolute Gasteiger partial charge is 0.481 e. The highest BCUT2D eigenvalue weighted by Crippen LogP contribution is 2.99. The summed E-state index contributed by atoms with van der Waals surface area (Å²) in [5.74, 6) is -0.833. The molecular formula is C11H20F6O3S. The van der Waals surface area contributed by atoms with Crippen molar-refractivity contribution in [3.63, 3.8) is 0 Å². The van der Waals surface area contributed by atoms with E-state index in [4.69, 9.17) is 15.0 Å². The summed E-state index contributed by atoms with van der Waals surface area (Å²) < 4.78 is 59.1. The van der Waals surface area contributed by atoms with Crippen LogP contribution in [0.15, 0.2) is 36.4 Å². The van der Waals surface area contributed by atoms with E-state index in [2.05, 4.69) is 0 Å². The minimum Gasteiger partial charge on any atom is -0.481 e. The van der Waals surface area contributed by atoms with Crippen LogP contribution in [0, 0.1) is 0 Å². The molecule has 0 atom stereocenters. The predicted octanol–water partition coefficient (Wildman–Crippen LogP) is 5.58. The summed E-state index contributed by atoms with van der Waals surface area (Å²) >= 11 is 0. The van der Waals surface area contributed by atoms with Gasteiger partial charge in [-0.2, -0.15) is 0 Å². The Morgan fingerprint density at radius 3 is 1.00 bits per heavy atom. The second-order valence-electron chi connectivity index (χ2n) is 2.86. The summed E-state index contributed by atoms with van der Waals surface area (Å²) in [5.41, 5.74) is 0. The molecule has 0 fully saturated rings. The quantitative estimate of drug-likeness (QED) is 0.603. The maximum atomic E-state index is 9.85. The molecule has 21 heavy (non-hydrogen) atoms. The number of carboxylic acid groups (broad SMARTS) is 1. The number of aliphatic hydroxyl groups is 1. The second kappa shape index (κ2) is 10.3. The van der Waals surface area contributed by atoms with Gasteiger partial charge in [-0.15, -0.1) is 0 Å². The summed E-state index contributed by atoms with van der Waals surface area (Å²) in [5, 5.41) is 15.0. The molecule has 0 aliphatic carbocycles. The highest BCUT2D eigenvalue weighted by Gasteiger charge is 2.64. The lowest BCUT2D eigenvalue weighted by molar-refractivity contribution is -0.134. The van der Waals surface area contributed by atoms with Crippen LogP contribution in [-0.2, 0) is 4.79 Å². The Morgan fingerprint density at radius 2 is 0.952 bits per heavy atom. The number of carbonyl (C=O) groups is 1. The SMILES string of the molecule is C.CC(=O)O.CCO.FS(F)(F)(F)(F)F.c1ccccc1. The molecule has 0 radical (unpaired) electrons. The van der Waals surface area contributed by atoms with Crippen molar-refractivity contribution in [2.24, 2.45) is 0 Å². The Labute approximate surface area is 120 Å². The summed E-state index contributed by atoms with van der Waals surface area (Å²) in [6.07, 6.45) is 0. The molecule has 0 heterocycles. The topological polar surface area (TPSA) is 57.5 Å². The zero-order valence-electron chi connectivity index (χ0n) is 10.6. The van der Waals surface area contributed by atoms with Gasteiger partial charge in [-0.3, -0.25) is 4.79 Å². The molecule has 0 spiro atoms. The fourth-order valence-corrected chi connectivity index (χ4v) is 0.385. The Hall–Kier alpha value is -1.42. The summed E-state index contributed by atoms with van der Waals surface area (Å²) in [4.78, 5) is 9.00. The molecule has 0 aromatic heterocycles. The van der Waals surface area contributed by atoms with Gasteiger partial charge < -0.3 is 10.2 Å². The van der Waals surface area contributed by atoms with E-state index in [1.54, 1.807) is 6.92 Å². The number of aliphatic hydroxyl groups excluding tert-OH is 1. The molecule has 1 rings (SSSR count). The number of halogens is 6. The van der Waals surface area contributed by atoms with E-state index in [1.165, 1.54) is 0 Å². The van der Waals surface area contributed by atoms with E-state index < -0.39 is 16.6 Å². The molecule has 1 aromatic rings. The Balaban J connectivity index is -0.0000000949. The predicted molar refractivity (Wildman–Crippen MR) is 73.5 cm³/mol. The molecule has 130 valence electrons. The van der Waals surface area contributed by atoms with Crippen molar-refractivity contribution in [1.29, 1.82) is 0 Å². The number of rotatable bonds is 0. The van der Waals surface area contributed by atoms with Crippen LogP contribution in [0.4, 0.5) is 23.3 Å². The maximum Gasteiger partial charge on any atom is 0.431 e. The minimum absolute atomic E-state index is 0. The average Bonchev–Trinajstić information content (AvgIpc) is 2.15. The van der Waals surface area contributed by atoms with Crippen molar-refractivity contribution in [3.05, 3.63) is 36.4 Å². The molecule has 10 heteroatoms. The number of aliphatic carboxylic acids is 1. The first-order valence-corrected chi connectivity index (χ1v) is 6.73. The van der Waals surface area contributed by atoms with Gasteiger partial charge in [0.2, 0.25) is 0 Å². The van der Waals surface area contributed by atoms with E-state index in [9.17, 15) is 23.3 Å². The second-order valence-corrected chi connectivity index (χ2v) is 4.61. The van der Waals surface area contributed by atoms with Gasteiger partial charge in [-0.1, -0.05) is 67.1 Å². The van der Waals surface area contributed by atoms with E-state index in [-0.39, 0.29) is 14.0 Å². The molecule has 0 bridgehead atoms. The lowest BCUT2D eigenvalue weighted by atomic mass is 10.4. The van der Waals surface area contributed by atoms with Crippen molar-refractivity contribution in [3.8, 4) is 0 Å². The Bertz CT molecular complexity index is 309. The molecule has 0 saturated heterocycles. The summed E-state index contributed by atoms with van der Waals surface area (Å²) in [7, 11) is -10.5. The zero-order valence-corrected chi connectivity index (χ0v) is 11.5. The van der Waals surface area contributed by atoms with Gasteiger partial charge >= 0.3 is 10.6 Å². The van der Waals surface area contributed by atoms with Gasteiger partial charge in [0.25, 0.3) is 5.97 Å². The Morgan fingerprint density at radius 1 is 0.905 bits per heavy atom. The standard InChI is InChI=1S/C6H6.C2H4O2.C2H6O.CH4.F6S/c1-2-4-6-5-3-1;1-2(3)4;1-2-3;;1-7(2,3,4,5)6/h1-6H;1H3,(H,3,4);3H,2H2,1H3;1H4;. The third kappa shape index (κ3) is 243. The van der Waals surface area contributed by atoms with Crippen LogP contribution in [-0.4, -0.2) is 22.8 Å². The molecular weight excluding hydrogens is 326 g/mol.